The summed E-state index contributed by atoms with van der Waals surface area (Å²) < 4.78 is 7.40. The Balaban J connectivity index is 1.81. The third kappa shape index (κ3) is 2.00. The third-order valence-electron chi connectivity index (χ3n) is 3.10. The largest absolute Gasteiger partial charge is 0.431 e. The maximum Gasteiger partial charge on any atom is 0.263 e. The van der Waals surface area contributed by atoms with Gasteiger partial charge in [0.05, 0.1) is 0 Å². The van der Waals surface area contributed by atoms with E-state index >= 15 is 0 Å². The van der Waals surface area contributed by atoms with Gasteiger partial charge in [-0.3, -0.25) is 9.20 Å². The second-order valence-corrected chi connectivity index (χ2v) is 5.34. The van der Waals surface area contributed by atoms with E-state index in [9.17, 15) is 4.79 Å². The van der Waals surface area contributed by atoms with Crippen LogP contribution in [-0.4, -0.2) is 20.7 Å². The van der Waals surface area contributed by atoms with Crippen molar-refractivity contribution in [2.75, 3.05) is 0 Å². The Morgan fingerprint density at radius 1 is 1.10 bits per heavy atom. The Kier molecular flexibility index (Phi) is 2.75. The molecule has 0 fully saturated rings. The fraction of sp³-hybridized carbons (Fsp3) is 0. The molecule has 3 aromatic heterocycles. The molecule has 3 heterocycles. The Morgan fingerprint density at radius 2 is 1.95 bits per heavy atom. The van der Waals surface area contributed by atoms with Crippen LogP contribution in [0.3, 0.4) is 0 Å². The highest BCUT2D eigenvalue weighted by Crippen LogP contribution is 2.31. The maximum atomic E-state index is 11.3. The third-order valence-corrected chi connectivity index (χ3v) is 3.95. The number of carbonyl (C=O) groups excluding carboxylic acids is 1. The zero-order valence-corrected chi connectivity index (χ0v) is 11.6. The standard InChI is InChI=1S/C15H9N3O2S/c19-9-11-14(17-13-7-3-4-8-18(11)13)21-15-16-10-5-1-2-6-12(10)20-15/h1-9H. The average molecular weight is 295 g/mol. The second kappa shape index (κ2) is 4.75. The van der Waals surface area contributed by atoms with Gasteiger partial charge >= 0.3 is 0 Å². The van der Waals surface area contributed by atoms with Gasteiger partial charge in [-0.05, 0) is 36.0 Å². The smallest absolute Gasteiger partial charge is 0.263 e. The molecule has 0 unspecified atom stereocenters. The predicted molar refractivity (Wildman–Crippen MR) is 78.7 cm³/mol. The first-order chi connectivity index (χ1) is 10.3. The zero-order chi connectivity index (χ0) is 14.2. The summed E-state index contributed by atoms with van der Waals surface area (Å²) in [6.45, 7) is 0. The summed E-state index contributed by atoms with van der Waals surface area (Å²) >= 11 is 1.25. The fourth-order valence-electron chi connectivity index (χ4n) is 2.15. The number of hydrogen-bond acceptors (Lipinski definition) is 5. The molecule has 0 N–H and O–H groups in total. The molecular formula is C15H9N3O2S. The molecule has 6 heteroatoms. The van der Waals surface area contributed by atoms with Crippen molar-refractivity contribution in [2.45, 2.75) is 10.2 Å². The molecule has 5 nitrogen and oxygen atoms in total. The molecule has 0 bridgehead atoms. The number of nitrogens with zero attached hydrogens (tertiary/aromatic N) is 3. The molecule has 4 rings (SSSR count). The van der Waals surface area contributed by atoms with Crippen molar-refractivity contribution < 1.29 is 9.21 Å². The summed E-state index contributed by atoms with van der Waals surface area (Å²) in [5.41, 5.74) is 2.73. The number of imidazole rings is 1. The van der Waals surface area contributed by atoms with Crippen molar-refractivity contribution in [1.29, 1.82) is 0 Å². The van der Waals surface area contributed by atoms with E-state index in [1.165, 1.54) is 11.8 Å². The molecule has 0 amide bonds. The number of carbonyl (C=O) groups is 1. The number of aldehydes is 1. The summed E-state index contributed by atoms with van der Waals surface area (Å²) in [7, 11) is 0. The molecule has 1 aromatic carbocycles. The highest BCUT2D eigenvalue weighted by molar-refractivity contribution is 7.99. The molecule has 0 radical (unpaired) electrons. The SMILES string of the molecule is O=Cc1c(Sc2nc3ccccc3o2)nc2ccccn12. The van der Waals surface area contributed by atoms with Crippen LogP contribution < -0.4 is 0 Å². The number of para-hydroxylation sites is 2. The molecule has 4 aromatic rings. The van der Waals surface area contributed by atoms with E-state index < -0.39 is 0 Å². The zero-order valence-electron chi connectivity index (χ0n) is 10.8. The van der Waals surface area contributed by atoms with Crippen molar-refractivity contribution in [2.24, 2.45) is 0 Å². The number of benzene rings is 1. The lowest BCUT2D eigenvalue weighted by molar-refractivity contribution is 0.111. The minimum atomic E-state index is 0.475. The Morgan fingerprint density at radius 3 is 2.81 bits per heavy atom. The van der Waals surface area contributed by atoms with Gasteiger partial charge in [-0.15, -0.1) is 0 Å². The van der Waals surface area contributed by atoms with Crippen molar-refractivity contribution >= 4 is 34.8 Å². The van der Waals surface area contributed by atoms with E-state index in [0.717, 1.165) is 23.0 Å². The number of aromatic nitrogens is 3. The van der Waals surface area contributed by atoms with Gasteiger partial charge < -0.3 is 4.42 Å². The summed E-state index contributed by atoms with van der Waals surface area (Å²) in [6.07, 6.45) is 2.60. The molecular weight excluding hydrogens is 286 g/mol. The van der Waals surface area contributed by atoms with Gasteiger partial charge in [0, 0.05) is 6.20 Å². The number of rotatable bonds is 3. The molecule has 0 aliphatic heterocycles. The van der Waals surface area contributed by atoms with Crippen LogP contribution in [0, 0.1) is 0 Å². The summed E-state index contributed by atoms with van der Waals surface area (Å²) in [6, 6.07) is 13.1. The van der Waals surface area contributed by atoms with Gasteiger partial charge in [0.2, 0.25) is 0 Å². The van der Waals surface area contributed by atoms with Crippen LogP contribution in [0.1, 0.15) is 10.5 Å². The van der Waals surface area contributed by atoms with Crippen molar-refractivity contribution in [3.05, 3.63) is 54.4 Å². The lowest BCUT2D eigenvalue weighted by Gasteiger charge is -1.94. The maximum absolute atomic E-state index is 11.3. The Hall–Kier alpha value is -2.60. The lowest BCUT2D eigenvalue weighted by atomic mass is 10.3. The molecule has 0 atom stereocenters. The summed E-state index contributed by atoms with van der Waals surface area (Å²) in [4.78, 5) is 20.2. The molecule has 0 spiro atoms. The van der Waals surface area contributed by atoms with Crippen LogP contribution in [0.4, 0.5) is 0 Å². The van der Waals surface area contributed by atoms with Crippen LogP contribution >= 0.6 is 11.8 Å². The van der Waals surface area contributed by atoms with Gasteiger partial charge in [-0.25, -0.2) is 9.97 Å². The van der Waals surface area contributed by atoms with E-state index in [0.29, 0.717) is 15.9 Å². The lowest BCUT2D eigenvalue weighted by Crippen LogP contribution is -1.90. The molecule has 0 aliphatic rings. The van der Waals surface area contributed by atoms with Crippen LogP contribution in [-0.2, 0) is 0 Å². The molecule has 102 valence electrons. The first-order valence-corrected chi connectivity index (χ1v) is 7.12. The molecule has 0 aliphatic carbocycles. The normalized spacial score (nSPS) is 11.2. The Labute approximate surface area is 123 Å². The number of oxazole rings is 1. The summed E-state index contributed by atoms with van der Waals surface area (Å²) in [5, 5.41) is 1.06. The number of fused-ring (bicyclic) bond motifs is 2. The van der Waals surface area contributed by atoms with Crippen molar-refractivity contribution in [3.63, 3.8) is 0 Å². The number of pyridine rings is 1. The van der Waals surface area contributed by atoms with Crippen molar-refractivity contribution in [1.82, 2.24) is 14.4 Å². The Bertz CT molecular complexity index is 925. The molecule has 0 saturated carbocycles. The van der Waals surface area contributed by atoms with Crippen LogP contribution in [0.15, 0.2) is 63.3 Å². The van der Waals surface area contributed by atoms with Gasteiger partial charge in [-0.2, -0.15) is 0 Å². The van der Waals surface area contributed by atoms with Crippen LogP contribution in [0.5, 0.6) is 0 Å². The second-order valence-electron chi connectivity index (χ2n) is 4.40. The van der Waals surface area contributed by atoms with E-state index in [1.54, 1.807) is 4.40 Å². The van der Waals surface area contributed by atoms with Gasteiger partial charge in [0.15, 0.2) is 11.9 Å². The van der Waals surface area contributed by atoms with Crippen LogP contribution in [0.25, 0.3) is 16.7 Å². The van der Waals surface area contributed by atoms with E-state index in [1.807, 2.05) is 48.7 Å². The van der Waals surface area contributed by atoms with Crippen molar-refractivity contribution in [3.8, 4) is 0 Å². The van der Waals surface area contributed by atoms with Gasteiger partial charge in [-0.1, -0.05) is 18.2 Å². The number of hydrogen-bond donors (Lipinski definition) is 0. The topological polar surface area (TPSA) is 60.4 Å². The molecule has 21 heavy (non-hydrogen) atoms. The molecule has 0 saturated heterocycles. The average Bonchev–Trinajstić information content (AvgIpc) is 3.06. The summed E-state index contributed by atoms with van der Waals surface area (Å²) in [5.74, 6) is 0. The predicted octanol–water partition coefficient (Wildman–Crippen LogP) is 3.44. The van der Waals surface area contributed by atoms with E-state index in [4.69, 9.17) is 4.42 Å². The fourth-order valence-corrected chi connectivity index (χ4v) is 2.98. The minimum Gasteiger partial charge on any atom is -0.431 e. The monoisotopic (exact) mass is 295 g/mol. The minimum absolute atomic E-state index is 0.475. The quantitative estimate of drug-likeness (QED) is 0.542. The van der Waals surface area contributed by atoms with E-state index in [-0.39, 0.29) is 0 Å². The van der Waals surface area contributed by atoms with Gasteiger partial charge in [0.1, 0.15) is 21.9 Å². The van der Waals surface area contributed by atoms with E-state index in [2.05, 4.69) is 9.97 Å². The highest BCUT2D eigenvalue weighted by Gasteiger charge is 2.15. The first kappa shape index (κ1) is 12.2. The first-order valence-electron chi connectivity index (χ1n) is 6.31. The van der Waals surface area contributed by atoms with Crippen LogP contribution in [0.2, 0.25) is 0 Å². The van der Waals surface area contributed by atoms with Gasteiger partial charge in [0.25, 0.3) is 5.22 Å². The highest BCUT2D eigenvalue weighted by atomic mass is 32.2.